The van der Waals surface area contributed by atoms with Gasteiger partial charge in [0, 0.05) is 25.2 Å². The fraction of sp³-hybridized carbons (Fsp3) is 0.200. The smallest absolute Gasteiger partial charge is 0.267 e. The SMILES string of the molecule is O=C1/C(=C/c2cc(Br)c(N3CCCC3)o2)SC(=Nc2ccccc2)N1Cc1ccccc1. The van der Waals surface area contributed by atoms with Crippen LogP contribution >= 0.6 is 27.7 Å². The molecular formula is C25H22BrN3O2S. The van der Waals surface area contributed by atoms with Crippen LogP contribution in [-0.2, 0) is 11.3 Å². The molecule has 2 aromatic carbocycles. The number of aliphatic imine (C=N–C) groups is 1. The van der Waals surface area contributed by atoms with Gasteiger partial charge in [-0.2, -0.15) is 0 Å². The molecule has 7 heteroatoms. The minimum atomic E-state index is -0.0659. The van der Waals surface area contributed by atoms with E-state index in [0.29, 0.717) is 22.4 Å². The maximum Gasteiger partial charge on any atom is 0.267 e. The van der Waals surface area contributed by atoms with Crippen LogP contribution in [0.2, 0.25) is 0 Å². The van der Waals surface area contributed by atoms with Gasteiger partial charge in [-0.3, -0.25) is 9.69 Å². The lowest BCUT2D eigenvalue weighted by Gasteiger charge is -2.15. The number of furan rings is 1. The summed E-state index contributed by atoms with van der Waals surface area (Å²) in [6.45, 7) is 2.46. The van der Waals surface area contributed by atoms with E-state index in [1.807, 2.05) is 72.8 Å². The van der Waals surface area contributed by atoms with Crippen LogP contribution in [0.3, 0.4) is 0 Å². The fourth-order valence-electron chi connectivity index (χ4n) is 3.82. The highest BCUT2D eigenvalue weighted by atomic mass is 79.9. The van der Waals surface area contributed by atoms with Crippen molar-refractivity contribution in [3.63, 3.8) is 0 Å². The largest absolute Gasteiger partial charge is 0.440 e. The summed E-state index contributed by atoms with van der Waals surface area (Å²) in [5, 5.41) is 0.668. The number of thioether (sulfide) groups is 1. The standard InChI is InChI=1S/C25H22BrN3O2S/c26-21-15-20(31-24(21)28-13-7-8-14-28)16-22-23(30)29(17-18-9-3-1-4-10-18)25(32-22)27-19-11-5-2-6-12-19/h1-6,9-12,15-16H,7-8,13-14,17H2/b22-16-,27-25?. The number of carbonyl (C=O) groups excluding carboxylic acids is 1. The molecule has 1 aromatic heterocycles. The Kier molecular flexibility index (Phi) is 6.19. The number of amidine groups is 1. The van der Waals surface area contributed by atoms with Gasteiger partial charge in [0.2, 0.25) is 5.88 Å². The lowest BCUT2D eigenvalue weighted by Crippen LogP contribution is -2.28. The van der Waals surface area contributed by atoms with Crippen LogP contribution in [-0.4, -0.2) is 29.1 Å². The lowest BCUT2D eigenvalue weighted by atomic mass is 10.2. The second-order valence-corrected chi connectivity index (χ2v) is 9.58. The van der Waals surface area contributed by atoms with Gasteiger partial charge in [0.25, 0.3) is 5.91 Å². The monoisotopic (exact) mass is 507 g/mol. The minimum Gasteiger partial charge on any atom is -0.440 e. The molecule has 0 atom stereocenters. The van der Waals surface area contributed by atoms with Gasteiger partial charge < -0.3 is 9.32 Å². The minimum absolute atomic E-state index is 0.0659. The van der Waals surface area contributed by atoms with Crippen molar-refractivity contribution in [2.45, 2.75) is 19.4 Å². The first-order chi connectivity index (χ1) is 15.7. The number of amides is 1. The average molecular weight is 508 g/mol. The number of carbonyl (C=O) groups is 1. The third-order valence-electron chi connectivity index (χ3n) is 5.41. The molecular weight excluding hydrogens is 486 g/mol. The number of benzene rings is 2. The summed E-state index contributed by atoms with van der Waals surface area (Å²) < 4.78 is 7.01. The summed E-state index contributed by atoms with van der Waals surface area (Å²) in [6.07, 6.45) is 4.17. The molecule has 5 nitrogen and oxygen atoms in total. The molecule has 3 heterocycles. The zero-order valence-corrected chi connectivity index (χ0v) is 19.8. The van der Waals surface area contributed by atoms with Crippen LogP contribution in [0.15, 0.2) is 85.5 Å². The quantitative estimate of drug-likeness (QED) is 0.372. The normalized spacial score (nSPS) is 19.0. The van der Waals surface area contributed by atoms with Gasteiger partial charge in [0.05, 0.1) is 21.6 Å². The number of halogens is 1. The Hall–Kier alpha value is -2.77. The molecule has 0 saturated carbocycles. The Balaban J connectivity index is 1.46. The van der Waals surface area contributed by atoms with Crippen molar-refractivity contribution >= 4 is 56.4 Å². The van der Waals surface area contributed by atoms with Gasteiger partial charge in [-0.05, 0) is 58.2 Å². The molecule has 0 bridgehead atoms. The Labute approximate surface area is 199 Å². The van der Waals surface area contributed by atoms with Crippen LogP contribution in [0.1, 0.15) is 24.2 Å². The van der Waals surface area contributed by atoms with Crippen LogP contribution < -0.4 is 4.90 Å². The molecule has 162 valence electrons. The summed E-state index contributed by atoms with van der Waals surface area (Å²) in [6, 6.07) is 21.6. The van der Waals surface area contributed by atoms with Gasteiger partial charge in [0.1, 0.15) is 5.76 Å². The van der Waals surface area contributed by atoms with E-state index in [-0.39, 0.29) is 5.91 Å². The molecule has 0 N–H and O–H groups in total. The van der Waals surface area contributed by atoms with Crippen molar-refractivity contribution in [3.8, 4) is 0 Å². The number of nitrogens with zero attached hydrogens (tertiary/aromatic N) is 3. The van der Waals surface area contributed by atoms with Crippen molar-refractivity contribution < 1.29 is 9.21 Å². The van der Waals surface area contributed by atoms with Crippen molar-refractivity contribution in [2.24, 2.45) is 4.99 Å². The summed E-state index contributed by atoms with van der Waals surface area (Å²) in [4.78, 5) is 22.7. The number of hydrogen-bond acceptors (Lipinski definition) is 5. The van der Waals surface area contributed by atoms with E-state index in [9.17, 15) is 4.79 Å². The third-order valence-corrected chi connectivity index (χ3v) is 6.98. The molecule has 0 aliphatic carbocycles. The highest BCUT2D eigenvalue weighted by Gasteiger charge is 2.34. The first-order valence-electron chi connectivity index (χ1n) is 10.6. The van der Waals surface area contributed by atoms with Crippen molar-refractivity contribution in [3.05, 3.63) is 87.4 Å². The van der Waals surface area contributed by atoms with Gasteiger partial charge in [-0.15, -0.1) is 0 Å². The summed E-state index contributed by atoms with van der Waals surface area (Å²) in [5.41, 5.74) is 1.87. The Bertz CT molecular complexity index is 1170. The number of hydrogen-bond donors (Lipinski definition) is 0. The van der Waals surface area contributed by atoms with Crippen LogP contribution in [0, 0.1) is 0 Å². The van der Waals surface area contributed by atoms with Gasteiger partial charge >= 0.3 is 0 Å². The Morgan fingerprint density at radius 1 is 1.03 bits per heavy atom. The molecule has 5 rings (SSSR count). The maximum atomic E-state index is 13.4. The van der Waals surface area contributed by atoms with E-state index in [4.69, 9.17) is 9.41 Å². The molecule has 0 spiro atoms. The molecule has 2 saturated heterocycles. The van der Waals surface area contributed by atoms with Gasteiger partial charge in [0.15, 0.2) is 5.17 Å². The number of rotatable bonds is 5. The number of para-hydroxylation sites is 1. The van der Waals surface area contributed by atoms with E-state index >= 15 is 0 Å². The molecule has 32 heavy (non-hydrogen) atoms. The zero-order chi connectivity index (χ0) is 21.9. The Morgan fingerprint density at radius 3 is 2.44 bits per heavy atom. The summed E-state index contributed by atoms with van der Waals surface area (Å²) >= 11 is 5.00. The average Bonchev–Trinajstić information content (AvgIpc) is 3.52. The van der Waals surface area contributed by atoms with E-state index in [0.717, 1.165) is 34.7 Å². The molecule has 0 unspecified atom stereocenters. The van der Waals surface area contributed by atoms with E-state index in [2.05, 4.69) is 20.8 Å². The first kappa shape index (κ1) is 21.1. The molecule has 2 fully saturated rings. The summed E-state index contributed by atoms with van der Waals surface area (Å²) in [5.74, 6) is 1.43. The predicted molar refractivity (Wildman–Crippen MR) is 134 cm³/mol. The van der Waals surface area contributed by atoms with Crippen LogP contribution in [0.25, 0.3) is 6.08 Å². The topological polar surface area (TPSA) is 49.1 Å². The molecule has 2 aliphatic heterocycles. The van der Waals surface area contributed by atoms with Crippen LogP contribution in [0.4, 0.5) is 11.6 Å². The third kappa shape index (κ3) is 4.54. The van der Waals surface area contributed by atoms with E-state index in [1.54, 1.807) is 4.90 Å². The first-order valence-corrected chi connectivity index (χ1v) is 12.2. The van der Waals surface area contributed by atoms with Crippen molar-refractivity contribution in [1.82, 2.24) is 4.90 Å². The molecule has 3 aromatic rings. The van der Waals surface area contributed by atoms with Gasteiger partial charge in [-0.25, -0.2) is 4.99 Å². The molecule has 2 aliphatic rings. The molecule has 0 radical (unpaired) electrons. The second-order valence-electron chi connectivity index (χ2n) is 7.71. The number of anilines is 1. The van der Waals surface area contributed by atoms with E-state index < -0.39 is 0 Å². The zero-order valence-electron chi connectivity index (χ0n) is 17.4. The maximum absolute atomic E-state index is 13.4. The summed E-state index contributed by atoms with van der Waals surface area (Å²) in [7, 11) is 0. The van der Waals surface area contributed by atoms with Crippen molar-refractivity contribution in [1.29, 1.82) is 0 Å². The van der Waals surface area contributed by atoms with Crippen LogP contribution in [0.5, 0.6) is 0 Å². The molecule has 1 amide bonds. The predicted octanol–water partition coefficient (Wildman–Crippen LogP) is 6.45. The second kappa shape index (κ2) is 9.38. The lowest BCUT2D eigenvalue weighted by molar-refractivity contribution is -0.122. The Morgan fingerprint density at radius 2 is 1.72 bits per heavy atom. The highest BCUT2D eigenvalue weighted by Crippen LogP contribution is 2.38. The van der Waals surface area contributed by atoms with Crippen molar-refractivity contribution in [2.75, 3.05) is 18.0 Å². The highest BCUT2D eigenvalue weighted by molar-refractivity contribution is 9.10. The fourth-order valence-corrected chi connectivity index (χ4v) is 5.36. The van der Waals surface area contributed by atoms with E-state index in [1.165, 1.54) is 24.6 Å². The van der Waals surface area contributed by atoms with Gasteiger partial charge in [-0.1, -0.05) is 48.5 Å².